The number of likely N-dealkylation sites (tertiary alicyclic amines) is 1. The molecule has 1 saturated heterocycles. The first-order valence-electron chi connectivity index (χ1n) is 8.39. The van der Waals surface area contributed by atoms with Crippen LogP contribution in [-0.2, 0) is 4.79 Å². The Morgan fingerprint density at radius 3 is 2.57 bits per heavy atom. The molecular formula is C16H28N2O3. The van der Waals surface area contributed by atoms with Gasteiger partial charge in [-0.05, 0) is 31.6 Å². The molecule has 5 heteroatoms. The molecule has 120 valence electrons. The van der Waals surface area contributed by atoms with Crippen molar-refractivity contribution >= 4 is 12.0 Å². The van der Waals surface area contributed by atoms with Crippen molar-refractivity contribution in [1.29, 1.82) is 0 Å². The van der Waals surface area contributed by atoms with Crippen molar-refractivity contribution < 1.29 is 14.7 Å². The van der Waals surface area contributed by atoms with Crippen LogP contribution in [0.1, 0.15) is 64.7 Å². The molecule has 0 aromatic heterocycles. The highest BCUT2D eigenvalue weighted by molar-refractivity contribution is 5.87. The molecule has 1 atom stereocenters. The molecule has 1 saturated carbocycles. The van der Waals surface area contributed by atoms with Crippen molar-refractivity contribution in [2.75, 3.05) is 13.1 Å². The quantitative estimate of drug-likeness (QED) is 0.819. The number of carboxylic acids is 1. The first-order valence-corrected chi connectivity index (χ1v) is 8.39. The lowest BCUT2D eigenvalue weighted by molar-refractivity contribution is -0.148. The summed E-state index contributed by atoms with van der Waals surface area (Å²) in [5.74, 6) is -0.141. The van der Waals surface area contributed by atoms with E-state index in [4.69, 9.17) is 0 Å². The highest BCUT2D eigenvalue weighted by Gasteiger charge is 2.48. The van der Waals surface area contributed by atoms with E-state index in [1.54, 1.807) is 0 Å². The second-order valence-corrected chi connectivity index (χ2v) is 6.47. The first kappa shape index (κ1) is 16.1. The Morgan fingerprint density at radius 1 is 1.24 bits per heavy atom. The van der Waals surface area contributed by atoms with E-state index in [-0.39, 0.29) is 6.03 Å². The summed E-state index contributed by atoms with van der Waals surface area (Å²) in [6, 6.07) is -0.201. The van der Waals surface area contributed by atoms with Gasteiger partial charge in [0, 0.05) is 13.1 Å². The second-order valence-electron chi connectivity index (χ2n) is 6.47. The Labute approximate surface area is 127 Å². The fourth-order valence-corrected chi connectivity index (χ4v) is 3.87. The molecule has 2 amide bonds. The summed E-state index contributed by atoms with van der Waals surface area (Å²) in [6.07, 6.45) is 9.33. The minimum Gasteiger partial charge on any atom is -0.479 e. The lowest BCUT2D eigenvalue weighted by Crippen LogP contribution is -2.55. The molecule has 0 radical (unpaired) electrons. The van der Waals surface area contributed by atoms with Gasteiger partial charge in [0.05, 0.1) is 0 Å². The number of carbonyl (C=O) groups excluding carboxylic acids is 1. The monoisotopic (exact) mass is 296 g/mol. The number of rotatable bonds is 5. The van der Waals surface area contributed by atoms with Crippen LogP contribution in [0.15, 0.2) is 0 Å². The summed E-state index contributed by atoms with van der Waals surface area (Å²) >= 11 is 0. The molecule has 1 aliphatic heterocycles. The lowest BCUT2D eigenvalue weighted by Gasteiger charge is -2.34. The average Bonchev–Trinajstić information content (AvgIpc) is 2.93. The fraction of sp³-hybridized carbons (Fsp3) is 0.875. The van der Waals surface area contributed by atoms with Crippen LogP contribution in [0, 0.1) is 5.92 Å². The number of nitrogens with zero attached hydrogens (tertiary/aromatic N) is 1. The molecule has 2 aliphatic rings. The van der Waals surface area contributed by atoms with Crippen molar-refractivity contribution in [3.8, 4) is 0 Å². The van der Waals surface area contributed by atoms with Crippen molar-refractivity contribution in [2.24, 2.45) is 5.92 Å². The van der Waals surface area contributed by atoms with E-state index in [9.17, 15) is 14.7 Å². The molecule has 0 aromatic carbocycles. The van der Waals surface area contributed by atoms with E-state index in [0.717, 1.165) is 18.8 Å². The van der Waals surface area contributed by atoms with Gasteiger partial charge >= 0.3 is 12.0 Å². The van der Waals surface area contributed by atoms with Crippen molar-refractivity contribution in [2.45, 2.75) is 70.3 Å². The highest BCUT2D eigenvalue weighted by atomic mass is 16.4. The number of amides is 2. The van der Waals surface area contributed by atoms with E-state index in [0.29, 0.717) is 25.9 Å². The van der Waals surface area contributed by atoms with Gasteiger partial charge in [-0.2, -0.15) is 0 Å². The van der Waals surface area contributed by atoms with E-state index in [1.165, 1.54) is 37.0 Å². The summed E-state index contributed by atoms with van der Waals surface area (Å²) < 4.78 is 0. The van der Waals surface area contributed by atoms with Crippen LogP contribution >= 0.6 is 0 Å². The zero-order valence-electron chi connectivity index (χ0n) is 13.1. The topological polar surface area (TPSA) is 69.6 Å². The van der Waals surface area contributed by atoms with Crippen LogP contribution in [0.25, 0.3) is 0 Å². The van der Waals surface area contributed by atoms with Crippen molar-refractivity contribution in [1.82, 2.24) is 10.2 Å². The van der Waals surface area contributed by atoms with Gasteiger partial charge in [0.2, 0.25) is 0 Å². The molecule has 1 unspecified atom stereocenters. The number of urea groups is 1. The summed E-state index contributed by atoms with van der Waals surface area (Å²) in [5, 5.41) is 12.4. The van der Waals surface area contributed by atoms with Gasteiger partial charge in [-0.3, -0.25) is 0 Å². The number of hydrogen-bond acceptors (Lipinski definition) is 2. The Bertz CT molecular complexity index is 380. The third-order valence-corrected chi connectivity index (χ3v) is 5.27. The molecule has 1 heterocycles. The predicted octanol–water partition coefficient (Wildman–Crippen LogP) is 3.00. The standard InChI is InChI=1S/C16H28N2O3/c1-2-16(14(19)20)10-6-12-18(16)15(21)17-11-9-13-7-4-3-5-8-13/h13H,2-12H2,1H3,(H,17,21)(H,19,20). The summed E-state index contributed by atoms with van der Waals surface area (Å²) in [5.41, 5.74) is -0.991. The zero-order chi connectivity index (χ0) is 15.3. The van der Waals surface area contributed by atoms with Crippen LogP contribution in [0.4, 0.5) is 4.79 Å². The normalized spacial score (nSPS) is 26.8. The Hall–Kier alpha value is -1.26. The minimum atomic E-state index is -0.991. The lowest BCUT2D eigenvalue weighted by atomic mass is 9.87. The third-order valence-electron chi connectivity index (χ3n) is 5.27. The van der Waals surface area contributed by atoms with Crippen LogP contribution in [-0.4, -0.2) is 40.6 Å². The van der Waals surface area contributed by atoms with E-state index in [2.05, 4.69) is 5.32 Å². The Morgan fingerprint density at radius 2 is 1.95 bits per heavy atom. The van der Waals surface area contributed by atoms with Gasteiger partial charge in [-0.25, -0.2) is 9.59 Å². The van der Waals surface area contributed by atoms with Gasteiger partial charge in [0.1, 0.15) is 5.54 Å². The predicted molar refractivity (Wildman–Crippen MR) is 81.2 cm³/mol. The zero-order valence-corrected chi connectivity index (χ0v) is 13.1. The van der Waals surface area contributed by atoms with Crippen LogP contribution in [0.5, 0.6) is 0 Å². The number of nitrogens with one attached hydrogen (secondary N) is 1. The highest BCUT2D eigenvalue weighted by Crippen LogP contribution is 2.33. The molecule has 2 N–H and O–H groups in total. The maximum absolute atomic E-state index is 12.3. The van der Waals surface area contributed by atoms with Crippen LogP contribution in [0.3, 0.4) is 0 Å². The molecule has 2 rings (SSSR count). The maximum atomic E-state index is 12.3. The number of carbonyl (C=O) groups is 2. The Balaban J connectivity index is 1.83. The molecule has 2 fully saturated rings. The fourth-order valence-electron chi connectivity index (χ4n) is 3.87. The maximum Gasteiger partial charge on any atom is 0.329 e. The number of hydrogen-bond donors (Lipinski definition) is 2. The minimum absolute atomic E-state index is 0.201. The third kappa shape index (κ3) is 3.50. The smallest absolute Gasteiger partial charge is 0.329 e. The summed E-state index contributed by atoms with van der Waals surface area (Å²) in [6.45, 7) is 3.07. The largest absolute Gasteiger partial charge is 0.479 e. The van der Waals surface area contributed by atoms with Gasteiger partial charge in [0.25, 0.3) is 0 Å². The van der Waals surface area contributed by atoms with E-state index < -0.39 is 11.5 Å². The Kier molecular flexibility index (Phi) is 5.48. The molecule has 21 heavy (non-hydrogen) atoms. The van der Waals surface area contributed by atoms with Gasteiger partial charge < -0.3 is 15.3 Å². The molecule has 5 nitrogen and oxygen atoms in total. The van der Waals surface area contributed by atoms with Crippen molar-refractivity contribution in [3.05, 3.63) is 0 Å². The number of aliphatic carboxylic acids is 1. The SMILES string of the molecule is CCC1(C(=O)O)CCCN1C(=O)NCCC1CCCCC1. The molecule has 0 bridgehead atoms. The molecule has 0 spiro atoms. The molecule has 1 aliphatic carbocycles. The molecular weight excluding hydrogens is 268 g/mol. The second kappa shape index (κ2) is 7.14. The van der Waals surface area contributed by atoms with Gasteiger partial charge in [0.15, 0.2) is 0 Å². The number of carboxylic acid groups (broad SMARTS) is 1. The van der Waals surface area contributed by atoms with E-state index >= 15 is 0 Å². The average molecular weight is 296 g/mol. The first-order chi connectivity index (χ1) is 10.1. The summed E-state index contributed by atoms with van der Waals surface area (Å²) in [7, 11) is 0. The van der Waals surface area contributed by atoms with Crippen molar-refractivity contribution in [3.63, 3.8) is 0 Å². The van der Waals surface area contributed by atoms with Gasteiger partial charge in [-0.15, -0.1) is 0 Å². The molecule has 0 aromatic rings. The van der Waals surface area contributed by atoms with Crippen LogP contribution < -0.4 is 5.32 Å². The van der Waals surface area contributed by atoms with E-state index in [1.807, 2.05) is 6.92 Å². The van der Waals surface area contributed by atoms with Gasteiger partial charge in [-0.1, -0.05) is 39.0 Å². The van der Waals surface area contributed by atoms with Crippen LogP contribution in [0.2, 0.25) is 0 Å². The summed E-state index contributed by atoms with van der Waals surface area (Å²) in [4.78, 5) is 25.4.